The zero-order valence-corrected chi connectivity index (χ0v) is 6.59. The normalized spacial score (nSPS) is 29.9. The maximum Gasteiger partial charge on any atom is 0.0156 e. The van der Waals surface area contributed by atoms with Gasteiger partial charge in [-0.1, -0.05) is 37.3 Å². The number of hydrogen-bond donors (Lipinski definition) is 0. The third-order valence-corrected chi connectivity index (χ3v) is 2.94. The highest BCUT2D eigenvalue weighted by Crippen LogP contribution is 2.48. The van der Waals surface area contributed by atoms with Crippen molar-refractivity contribution in [2.24, 2.45) is 0 Å². The van der Waals surface area contributed by atoms with Crippen LogP contribution in [0, 0.1) is 0 Å². The fourth-order valence-corrected chi connectivity index (χ4v) is 2.40. The number of hydrogen-bond acceptors (Lipinski definition) is 0. The minimum absolute atomic E-state index is 0.409. The Morgan fingerprint density at radius 1 is 1.36 bits per heavy atom. The molecule has 0 bridgehead atoms. The first-order chi connectivity index (χ1) is 5.30. The van der Waals surface area contributed by atoms with E-state index in [4.69, 9.17) is 0 Å². The van der Waals surface area contributed by atoms with Crippen molar-refractivity contribution in [3.63, 3.8) is 0 Å². The van der Waals surface area contributed by atoms with Gasteiger partial charge >= 0.3 is 0 Å². The molecule has 0 heterocycles. The standard InChI is InChI=1S/C11H10/c1-11-6-5-8-3-2-4-9(7-11)10(8)11/h2-6H,7H2,1H3. The van der Waals surface area contributed by atoms with Crippen molar-refractivity contribution in [3.05, 3.63) is 41.0 Å². The van der Waals surface area contributed by atoms with Crippen LogP contribution in [0.5, 0.6) is 0 Å². The van der Waals surface area contributed by atoms with Crippen molar-refractivity contribution in [1.82, 2.24) is 0 Å². The second kappa shape index (κ2) is 1.42. The predicted octanol–water partition coefficient (Wildman–Crippen LogP) is 2.53. The van der Waals surface area contributed by atoms with Gasteiger partial charge in [0.25, 0.3) is 0 Å². The van der Waals surface area contributed by atoms with Gasteiger partial charge in [0.1, 0.15) is 0 Å². The van der Waals surface area contributed by atoms with Gasteiger partial charge in [0.05, 0.1) is 0 Å². The second-order valence-electron chi connectivity index (χ2n) is 3.81. The molecule has 0 fully saturated rings. The molecule has 0 N–H and O–H groups in total. The summed E-state index contributed by atoms with van der Waals surface area (Å²) in [6.45, 7) is 2.32. The summed E-state index contributed by atoms with van der Waals surface area (Å²) in [4.78, 5) is 0. The molecule has 0 heteroatoms. The minimum Gasteiger partial charge on any atom is -0.0732 e. The Balaban J connectivity index is 2.41. The molecule has 2 aliphatic rings. The molecule has 1 aromatic carbocycles. The van der Waals surface area contributed by atoms with E-state index in [2.05, 4.69) is 37.3 Å². The van der Waals surface area contributed by atoms with E-state index in [9.17, 15) is 0 Å². The Morgan fingerprint density at radius 2 is 2.27 bits per heavy atom. The molecule has 1 aromatic rings. The molecule has 2 aliphatic carbocycles. The number of allylic oxidation sites excluding steroid dienone is 1. The lowest BCUT2D eigenvalue weighted by atomic mass is 9.67. The first kappa shape index (κ1) is 5.59. The Hall–Kier alpha value is -1.04. The molecule has 3 rings (SSSR count). The van der Waals surface area contributed by atoms with Gasteiger partial charge < -0.3 is 0 Å². The van der Waals surface area contributed by atoms with Crippen molar-refractivity contribution >= 4 is 6.08 Å². The lowest BCUT2D eigenvalue weighted by molar-refractivity contribution is 0.527. The van der Waals surface area contributed by atoms with Crippen LogP contribution in [0.25, 0.3) is 6.08 Å². The Morgan fingerprint density at radius 3 is 3.09 bits per heavy atom. The molecule has 54 valence electrons. The van der Waals surface area contributed by atoms with Crippen molar-refractivity contribution in [3.8, 4) is 0 Å². The third kappa shape index (κ3) is 0.484. The minimum atomic E-state index is 0.409. The van der Waals surface area contributed by atoms with Crippen molar-refractivity contribution in [2.45, 2.75) is 18.8 Å². The van der Waals surface area contributed by atoms with Crippen LogP contribution in [-0.2, 0) is 11.8 Å². The van der Waals surface area contributed by atoms with Crippen LogP contribution in [0.3, 0.4) is 0 Å². The molecule has 0 nitrogen and oxygen atoms in total. The van der Waals surface area contributed by atoms with Gasteiger partial charge in [-0.25, -0.2) is 0 Å². The maximum atomic E-state index is 2.34. The van der Waals surface area contributed by atoms with Gasteiger partial charge in [-0.15, -0.1) is 0 Å². The van der Waals surface area contributed by atoms with Gasteiger partial charge in [-0.05, 0) is 23.1 Å². The molecule has 0 aliphatic heterocycles. The highest BCUT2D eigenvalue weighted by Gasteiger charge is 2.40. The van der Waals surface area contributed by atoms with E-state index in [1.807, 2.05) is 0 Å². The van der Waals surface area contributed by atoms with Gasteiger partial charge in [0.15, 0.2) is 0 Å². The first-order valence-electron chi connectivity index (χ1n) is 4.11. The summed E-state index contributed by atoms with van der Waals surface area (Å²) in [7, 11) is 0. The molecule has 11 heavy (non-hydrogen) atoms. The largest absolute Gasteiger partial charge is 0.0732 e. The molecule has 0 spiro atoms. The van der Waals surface area contributed by atoms with E-state index >= 15 is 0 Å². The summed E-state index contributed by atoms with van der Waals surface area (Å²) in [5.74, 6) is 0. The summed E-state index contributed by atoms with van der Waals surface area (Å²) in [6, 6.07) is 6.61. The van der Waals surface area contributed by atoms with Crippen LogP contribution >= 0.6 is 0 Å². The zero-order chi connectivity index (χ0) is 7.47. The summed E-state index contributed by atoms with van der Waals surface area (Å²) < 4.78 is 0. The van der Waals surface area contributed by atoms with E-state index < -0.39 is 0 Å². The van der Waals surface area contributed by atoms with E-state index in [1.54, 1.807) is 11.1 Å². The van der Waals surface area contributed by atoms with Crippen molar-refractivity contribution in [1.29, 1.82) is 0 Å². The van der Waals surface area contributed by atoms with Crippen molar-refractivity contribution in [2.75, 3.05) is 0 Å². The average molecular weight is 142 g/mol. The summed E-state index contributed by atoms with van der Waals surface area (Å²) in [5, 5.41) is 0. The molecular weight excluding hydrogens is 132 g/mol. The van der Waals surface area contributed by atoms with Gasteiger partial charge in [0, 0.05) is 5.41 Å². The molecule has 0 amide bonds. The Bertz CT molecular complexity index is 360. The predicted molar refractivity (Wildman–Crippen MR) is 46.5 cm³/mol. The van der Waals surface area contributed by atoms with Crippen molar-refractivity contribution < 1.29 is 0 Å². The van der Waals surface area contributed by atoms with Crippen LogP contribution in [-0.4, -0.2) is 0 Å². The Labute approximate surface area is 66.6 Å². The van der Waals surface area contributed by atoms with Gasteiger partial charge in [-0.2, -0.15) is 0 Å². The molecule has 1 unspecified atom stereocenters. The zero-order valence-electron chi connectivity index (χ0n) is 6.59. The van der Waals surface area contributed by atoms with E-state index in [0.29, 0.717) is 5.41 Å². The van der Waals surface area contributed by atoms with Crippen LogP contribution in [0.2, 0.25) is 0 Å². The number of benzene rings is 1. The van der Waals surface area contributed by atoms with E-state index in [-0.39, 0.29) is 0 Å². The van der Waals surface area contributed by atoms with Crippen LogP contribution < -0.4 is 0 Å². The number of rotatable bonds is 0. The topological polar surface area (TPSA) is 0 Å². The summed E-state index contributed by atoms with van der Waals surface area (Å²) in [5.41, 5.74) is 4.98. The average Bonchev–Trinajstić information content (AvgIpc) is 2.26. The maximum absolute atomic E-state index is 2.34. The molecule has 0 saturated carbocycles. The fourth-order valence-electron chi connectivity index (χ4n) is 2.40. The quantitative estimate of drug-likeness (QED) is 0.522. The highest BCUT2D eigenvalue weighted by atomic mass is 14.4. The SMILES string of the molecule is CC12C=Cc3cccc(c31)C2. The second-order valence-corrected chi connectivity index (χ2v) is 3.81. The fraction of sp³-hybridized carbons (Fsp3) is 0.273. The van der Waals surface area contributed by atoms with Crippen LogP contribution in [0.1, 0.15) is 23.6 Å². The third-order valence-electron chi connectivity index (χ3n) is 2.94. The molecule has 0 saturated heterocycles. The Kier molecular flexibility index (Phi) is 0.724. The molecule has 1 atom stereocenters. The summed E-state index contributed by atoms with van der Waals surface area (Å²) >= 11 is 0. The van der Waals surface area contributed by atoms with Gasteiger partial charge in [-0.3, -0.25) is 0 Å². The first-order valence-corrected chi connectivity index (χ1v) is 4.11. The summed E-state index contributed by atoms with van der Waals surface area (Å²) in [6.07, 6.45) is 5.84. The van der Waals surface area contributed by atoms with E-state index in [0.717, 1.165) is 0 Å². The molecular formula is C11H10. The smallest absolute Gasteiger partial charge is 0.0156 e. The van der Waals surface area contributed by atoms with E-state index in [1.165, 1.54) is 12.0 Å². The highest BCUT2D eigenvalue weighted by molar-refractivity contribution is 5.71. The monoisotopic (exact) mass is 142 g/mol. The molecule has 0 radical (unpaired) electrons. The molecule has 0 aromatic heterocycles. The van der Waals surface area contributed by atoms with Crippen LogP contribution in [0.4, 0.5) is 0 Å². The van der Waals surface area contributed by atoms with Crippen LogP contribution in [0.15, 0.2) is 24.3 Å². The lowest BCUT2D eigenvalue weighted by Gasteiger charge is -2.36. The lowest BCUT2D eigenvalue weighted by Crippen LogP contribution is -2.31. The van der Waals surface area contributed by atoms with Gasteiger partial charge in [0.2, 0.25) is 0 Å².